The first kappa shape index (κ1) is 13.9. The van der Waals surface area contributed by atoms with Gasteiger partial charge in [0, 0.05) is 0 Å². The lowest BCUT2D eigenvalue weighted by Gasteiger charge is -2.30. The number of rotatable bonds is 3. The first-order valence-electron chi connectivity index (χ1n) is 7.71. The normalized spacial score (nSPS) is 35.6. The lowest BCUT2D eigenvalue weighted by Crippen LogP contribution is -2.16. The molecule has 0 N–H and O–H groups in total. The summed E-state index contributed by atoms with van der Waals surface area (Å²) in [5.74, 6) is 0.960. The minimum absolute atomic E-state index is 0.398. The van der Waals surface area contributed by atoms with Crippen molar-refractivity contribution >= 4 is 7.92 Å². The summed E-state index contributed by atoms with van der Waals surface area (Å²) in [4.78, 5) is 0. The highest BCUT2D eigenvalue weighted by molar-refractivity contribution is 7.59. The molecule has 17 heavy (non-hydrogen) atoms. The van der Waals surface area contributed by atoms with E-state index in [9.17, 15) is 0 Å². The van der Waals surface area contributed by atoms with Gasteiger partial charge in [-0.15, -0.1) is 7.92 Å². The van der Waals surface area contributed by atoms with Crippen molar-refractivity contribution in [2.24, 2.45) is 11.3 Å². The van der Waals surface area contributed by atoms with Crippen LogP contribution in [-0.2, 0) is 0 Å². The Bertz CT molecular complexity index is 226. The van der Waals surface area contributed by atoms with E-state index in [1.165, 1.54) is 30.6 Å². The van der Waals surface area contributed by atoms with Gasteiger partial charge in [-0.05, 0) is 60.9 Å². The molecular weight excluding hydrogens is 223 g/mol. The van der Waals surface area contributed by atoms with Crippen LogP contribution in [0.1, 0.15) is 72.6 Å². The van der Waals surface area contributed by atoms with Crippen LogP contribution >= 0.6 is 7.92 Å². The largest absolute Gasteiger partial charge is 0.100 e. The van der Waals surface area contributed by atoms with E-state index in [2.05, 4.69) is 27.7 Å². The van der Waals surface area contributed by atoms with Gasteiger partial charge in [0.2, 0.25) is 0 Å². The average molecular weight is 254 g/mol. The first-order chi connectivity index (χ1) is 7.96. The van der Waals surface area contributed by atoms with Crippen LogP contribution in [0.3, 0.4) is 0 Å². The zero-order valence-corrected chi connectivity index (χ0v) is 13.2. The van der Waals surface area contributed by atoms with Gasteiger partial charge in [0.05, 0.1) is 0 Å². The second-order valence-electron chi connectivity index (χ2n) is 7.74. The fourth-order valence-electron chi connectivity index (χ4n) is 4.16. The smallest absolute Gasteiger partial charge is 0.0206 e. The molecule has 0 amide bonds. The summed E-state index contributed by atoms with van der Waals surface area (Å²) in [5, 5.41) is 0. The molecule has 0 aromatic rings. The molecule has 0 nitrogen and oxygen atoms in total. The van der Waals surface area contributed by atoms with Crippen LogP contribution in [0.4, 0.5) is 0 Å². The highest BCUT2D eigenvalue weighted by Gasteiger charge is 2.37. The number of hydrogen-bond acceptors (Lipinski definition) is 0. The average Bonchev–Trinajstić information content (AvgIpc) is 2.36. The third-order valence-corrected chi connectivity index (χ3v) is 8.53. The first-order valence-corrected chi connectivity index (χ1v) is 9.38. The van der Waals surface area contributed by atoms with Crippen molar-refractivity contribution in [3.63, 3.8) is 0 Å². The van der Waals surface area contributed by atoms with Crippen LogP contribution in [0.25, 0.3) is 0 Å². The fraction of sp³-hybridized carbons (Fsp3) is 1.00. The van der Waals surface area contributed by atoms with Crippen LogP contribution in [-0.4, -0.2) is 17.5 Å². The third-order valence-electron chi connectivity index (χ3n) is 4.58. The van der Waals surface area contributed by atoms with Gasteiger partial charge in [-0.2, -0.15) is 0 Å². The van der Waals surface area contributed by atoms with Gasteiger partial charge >= 0.3 is 0 Å². The predicted octanol–water partition coefficient (Wildman–Crippen LogP) is 5.65. The van der Waals surface area contributed by atoms with Crippen LogP contribution in [0.5, 0.6) is 0 Å². The molecule has 0 radical (unpaired) electrons. The van der Waals surface area contributed by atoms with Crippen LogP contribution in [0.15, 0.2) is 0 Å². The van der Waals surface area contributed by atoms with Crippen molar-refractivity contribution in [2.45, 2.75) is 84.0 Å². The predicted molar refractivity (Wildman–Crippen MR) is 80.3 cm³/mol. The second-order valence-corrected chi connectivity index (χ2v) is 10.6. The van der Waals surface area contributed by atoms with E-state index in [4.69, 9.17) is 0 Å². The molecule has 2 saturated heterocycles. The second kappa shape index (κ2) is 5.60. The Morgan fingerprint density at radius 1 is 1.00 bits per heavy atom. The summed E-state index contributed by atoms with van der Waals surface area (Å²) < 4.78 is 0. The van der Waals surface area contributed by atoms with E-state index in [-0.39, 0.29) is 0 Å². The Kier molecular flexibility index (Phi) is 4.56. The Morgan fingerprint density at radius 3 is 2.00 bits per heavy atom. The summed E-state index contributed by atoms with van der Waals surface area (Å²) in [7, 11) is 0.398. The molecule has 2 rings (SSSR count). The molecular formula is C16H31P. The van der Waals surface area contributed by atoms with Gasteiger partial charge < -0.3 is 0 Å². The van der Waals surface area contributed by atoms with Crippen molar-refractivity contribution in [3.05, 3.63) is 0 Å². The SMILES string of the molecule is CC(CP1C2CCCCC1CC2)CC(C)(C)C. The molecule has 0 aliphatic carbocycles. The van der Waals surface area contributed by atoms with Crippen molar-refractivity contribution in [3.8, 4) is 0 Å². The summed E-state index contributed by atoms with van der Waals surface area (Å²) >= 11 is 0. The quantitative estimate of drug-likeness (QED) is 0.571. The van der Waals surface area contributed by atoms with Gasteiger partial charge in [0.25, 0.3) is 0 Å². The summed E-state index contributed by atoms with van der Waals surface area (Å²) in [6.45, 7) is 9.72. The van der Waals surface area contributed by atoms with E-state index in [0.717, 1.165) is 5.92 Å². The molecule has 0 aromatic carbocycles. The Balaban J connectivity index is 1.89. The Labute approximate surface area is 110 Å². The van der Waals surface area contributed by atoms with Crippen molar-refractivity contribution in [2.75, 3.05) is 6.16 Å². The van der Waals surface area contributed by atoms with Crippen LogP contribution < -0.4 is 0 Å². The van der Waals surface area contributed by atoms with Gasteiger partial charge in [0.1, 0.15) is 0 Å². The molecule has 0 aromatic heterocycles. The van der Waals surface area contributed by atoms with Crippen LogP contribution in [0, 0.1) is 11.3 Å². The maximum atomic E-state index is 2.51. The maximum Gasteiger partial charge on any atom is -0.0206 e. The van der Waals surface area contributed by atoms with Crippen LogP contribution in [0.2, 0.25) is 0 Å². The molecule has 3 unspecified atom stereocenters. The third kappa shape index (κ3) is 3.95. The Hall–Kier alpha value is 0.430. The zero-order chi connectivity index (χ0) is 12.5. The monoisotopic (exact) mass is 254 g/mol. The lowest BCUT2D eigenvalue weighted by molar-refractivity contribution is 0.322. The maximum absolute atomic E-state index is 2.51. The minimum atomic E-state index is 0.398. The van der Waals surface area contributed by atoms with E-state index >= 15 is 0 Å². The summed E-state index contributed by atoms with van der Waals surface area (Å²) in [6, 6.07) is 0. The van der Waals surface area contributed by atoms with Crippen molar-refractivity contribution in [1.82, 2.24) is 0 Å². The standard InChI is InChI=1S/C16H31P/c1-13(11-16(2,3)4)12-17-14-7-5-6-8-15(17)10-9-14/h13-15H,5-12H2,1-4H3. The Morgan fingerprint density at radius 2 is 1.53 bits per heavy atom. The van der Waals surface area contributed by atoms with Gasteiger partial charge in [-0.1, -0.05) is 40.5 Å². The van der Waals surface area contributed by atoms with Gasteiger partial charge in [-0.25, -0.2) is 0 Å². The topological polar surface area (TPSA) is 0 Å². The molecule has 2 aliphatic heterocycles. The van der Waals surface area contributed by atoms with E-state index in [1.54, 1.807) is 31.8 Å². The van der Waals surface area contributed by atoms with Gasteiger partial charge in [0.15, 0.2) is 0 Å². The molecule has 0 spiro atoms. The molecule has 1 heteroatoms. The molecule has 0 saturated carbocycles. The molecule has 100 valence electrons. The fourth-order valence-corrected chi connectivity index (χ4v) is 8.19. The molecule has 2 aliphatic rings. The molecule has 2 bridgehead atoms. The minimum Gasteiger partial charge on any atom is -0.100 e. The molecule has 2 fully saturated rings. The molecule has 2 heterocycles. The summed E-state index contributed by atoms with van der Waals surface area (Å²) in [5.41, 5.74) is 2.86. The van der Waals surface area contributed by atoms with Gasteiger partial charge in [-0.3, -0.25) is 0 Å². The lowest BCUT2D eigenvalue weighted by atomic mass is 9.86. The number of fused-ring (bicyclic) bond motifs is 2. The van der Waals surface area contributed by atoms with Crippen molar-refractivity contribution in [1.29, 1.82) is 0 Å². The summed E-state index contributed by atoms with van der Waals surface area (Å²) in [6.07, 6.45) is 12.4. The highest BCUT2D eigenvalue weighted by Crippen LogP contribution is 2.61. The zero-order valence-electron chi connectivity index (χ0n) is 12.3. The molecule has 3 atom stereocenters. The van der Waals surface area contributed by atoms with Crippen molar-refractivity contribution < 1.29 is 0 Å². The number of hydrogen-bond donors (Lipinski definition) is 0. The van der Waals surface area contributed by atoms with E-state index < -0.39 is 0 Å². The van der Waals surface area contributed by atoms with E-state index in [0.29, 0.717) is 13.3 Å². The van der Waals surface area contributed by atoms with E-state index in [1.807, 2.05) is 0 Å². The highest BCUT2D eigenvalue weighted by atomic mass is 31.1.